The number of rotatable bonds is 7. The SMILES string of the molecule is CC(C)(C)OC(=O)N1CC(O[Si](C)(C)C(C)(C)C)CC1C(CCO)CCO. The van der Waals surface area contributed by atoms with E-state index in [0.29, 0.717) is 19.4 Å². The molecule has 1 amide bonds. The summed E-state index contributed by atoms with van der Waals surface area (Å²) in [5.74, 6) is 0.0283. The van der Waals surface area contributed by atoms with Crippen LogP contribution in [0.4, 0.5) is 4.79 Å². The summed E-state index contributed by atoms with van der Waals surface area (Å²) in [4.78, 5) is 14.6. The largest absolute Gasteiger partial charge is 0.444 e. The predicted molar refractivity (Wildman–Crippen MR) is 110 cm³/mol. The molecule has 0 aliphatic carbocycles. The highest BCUT2D eigenvalue weighted by Gasteiger charge is 2.46. The maximum absolute atomic E-state index is 12.8. The van der Waals surface area contributed by atoms with Crippen molar-refractivity contribution in [2.45, 2.75) is 96.7 Å². The molecule has 1 aliphatic heterocycles. The van der Waals surface area contributed by atoms with Crippen molar-refractivity contribution < 1.29 is 24.2 Å². The summed E-state index contributed by atoms with van der Waals surface area (Å²) < 4.78 is 12.2. The summed E-state index contributed by atoms with van der Waals surface area (Å²) in [6.07, 6.45) is 1.45. The fraction of sp³-hybridized carbons (Fsp3) is 0.950. The number of carbonyl (C=O) groups excluding carboxylic acids is 1. The van der Waals surface area contributed by atoms with Gasteiger partial charge in [0, 0.05) is 25.8 Å². The maximum Gasteiger partial charge on any atom is 0.410 e. The number of carbonyl (C=O) groups is 1. The molecule has 1 heterocycles. The Hall–Kier alpha value is -0.633. The van der Waals surface area contributed by atoms with Gasteiger partial charge in [-0.05, 0) is 64.1 Å². The molecule has 0 bridgehead atoms. The fourth-order valence-corrected chi connectivity index (χ4v) is 4.70. The van der Waals surface area contributed by atoms with Crippen molar-refractivity contribution in [2.24, 2.45) is 5.92 Å². The third-order valence-electron chi connectivity index (χ3n) is 5.74. The van der Waals surface area contributed by atoms with Gasteiger partial charge in [0.15, 0.2) is 8.32 Å². The van der Waals surface area contributed by atoms with Crippen LogP contribution in [0.5, 0.6) is 0 Å². The number of ether oxygens (including phenoxy) is 1. The van der Waals surface area contributed by atoms with Crippen LogP contribution in [0.15, 0.2) is 0 Å². The lowest BCUT2D eigenvalue weighted by atomic mass is 9.91. The van der Waals surface area contributed by atoms with E-state index in [1.54, 1.807) is 4.90 Å². The highest BCUT2D eigenvalue weighted by atomic mass is 28.4. The van der Waals surface area contributed by atoms with Gasteiger partial charge in [-0.3, -0.25) is 0 Å². The van der Waals surface area contributed by atoms with E-state index in [0.717, 1.165) is 6.42 Å². The lowest BCUT2D eigenvalue weighted by Gasteiger charge is -2.38. The molecule has 1 saturated heterocycles. The Morgan fingerprint density at radius 1 is 1.11 bits per heavy atom. The van der Waals surface area contributed by atoms with Gasteiger partial charge in [-0.2, -0.15) is 0 Å². The van der Waals surface area contributed by atoms with Crippen LogP contribution >= 0.6 is 0 Å². The first-order valence-electron chi connectivity index (χ1n) is 10.1. The Bertz CT molecular complexity index is 478. The third kappa shape index (κ3) is 7.04. The van der Waals surface area contributed by atoms with E-state index in [1.807, 2.05) is 20.8 Å². The summed E-state index contributed by atoms with van der Waals surface area (Å²) in [5.41, 5.74) is -0.566. The average molecular weight is 404 g/mol. The second kappa shape index (κ2) is 9.24. The van der Waals surface area contributed by atoms with Gasteiger partial charge in [-0.1, -0.05) is 20.8 Å². The van der Waals surface area contributed by atoms with E-state index < -0.39 is 13.9 Å². The minimum atomic E-state index is -1.96. The summed E-state index contributed by atoms with van der Waals surface area (Å²) in [6.45, 7) is 17.2. The Morgan fingerprint density at radius 3 is 2.04 bits per heavy atom. The first-order valence-corrected chi connectivity index (χ1v) is 13.0. The zero-order valence-corrected chi connectivity index (χ0v) is 19.5. The molecule has 7 heteroatoms. The lowest BCUT2D eigenvalue weighted by Crippen LogP contribution is -2.45. The highest BCUT2D eigenvalue weighted by Crippen LogP contribution is 2.40. The van der Waals surface area contributed by atoms with Crippen molar-refractivity contribution >= 4 is 14.4 Å². The molecule has 0 spiro atoms. The number of aliphatic hydroxyl groups is 2. The summed E-state index contributed by atoms with van der Waals surface area (Å²) in [5, 5.41) is 19.0. The van der Waals surface area contributed by atoms with E-state index in [1.165, 1.54) is 0 Å². The molecule has 27 heavy (non-hydrogen) atoms. The molecule has 2 atom stereocenters. The van der Waals surface area contributed by atoms with Crippen molar-refractivity contribution in [3.8, 4) is 0 Å². The molecule has 0 saturated carbocycles. The molecule has 0 radical (unpaired) electrons. The van der Waals surface area contributed by atoms with Gasteiger partial charge in [0.1, 0.15) is 5.60 Å². The average Bonchev–Trinajstić information content (AvgIpc) is 2.87. The van der Waals surface area contributed by atoms with Crippen LogP contribution in [0.1, 0.15) is 60.8 Å². The second-order valence-electron chi connectivity index (χ2n) is 10.2. The van der Waals surface area contributed by atoms with Crippen molar-refractivity contribution in [3.05, 3.63) is 0 Å². The number of amides is 1. The molecule has 1 aliphatic rings. The Labute approximate surface area is 166 Å². The number of aliphatic hydroxyl groups excluding tert-OH is 2. The smallest absolute Gasteiger partial charge is 0.410 e. The van der Waals surface area contributed by atoms with Crippen LogP contribution in [-0.4, -0.2) is 67.0 Å². The molecular weight excluding hydrogens is 362 g/mol. The van der Waals surface area contributed by atoms with Crippen LogP contribution in [0.3, 0.4) is 0 Å². The number of hydrogen-bond donors (Lipinski definition) is 2. The van der Waals surface area contributed by atoms with Crippen molar-refractivity contribution in [1.29, 1.82) is 0 Å². The first kappa shape index (κ1) is 24.4. The summed E-state index contributed by atoms with van der Waals surface area (Å²) in [6, 6.07) is -0.0890. The van der Waals surface area contributed by atoms with Gasteiger partial charge >= 0.3 is 6.09 Å². The number of hydrogen-bond acceptors (Lipinski definition) is 5. The maximum atomic E-state index is 12.8. The Morgan fingerprint density at radius 2 is 1.63 bits per heavy atom. The Kier molecular flexibility index (Phi) is 8.35. The summed E-state index contributed by atoms with van der Waals surface area (Å²) >= 11 is 0. The van der Waals surface area contributed by atoms with Crippen molar-refractivity contribution in [3.63, 3.8) is 0 Å². The first-order chi connectivity index (χ1) is 12.2. The molecule has 6 nitrogen and oxygen atoms in total. The topological polar surface area (TPSA) is 79.2 Å². The number of nitrogens with zero attached hydrogens (tertiary/aromatic N) is 1. The summed E-state index contributed by atoms with van der Waals surface area (Å²) in [7, 11) is -1.96. The van der Waals surface area contributed by atoms with Gasteiger partial charge in [-0.25, -0.2) is 4.79 Å². The quantitative estimate of drug-likeness (QED) is 0.633. The van der Waals surface area contributed by atoms with Crippen molar-refractivity contribution in [1.82, 2.24) is 4.90 Å². The van der Waals surface area contributed by atoms with E-state index in [4.69, 9.17) is 9.16 Å². The molecule has 2 unspecified atom stereocenters. The van der Waals surface area contributed by atoms with E-state index >= 15 is 0 Å². The number of likely N-dealkylation sites (tertiary alicyclic amines) is 1. The van der Waals surface area contributed by atoms with Crippen LogP contribution in [0.25, 0.3) is 0 Å². The monoisotopic (exact) mass is 403 g/mol. The molecule has 160 valence electrons. The predicted octanol–water partition coefficient (Wildman–Crippen LogP) is 3.77. The normalized spacial score (nSPS) is 21.8. The molecule has 0 aromatic carbocycles. The van der Waals surface area contributed by atoms with Crippen LogP contribution < -0.4 is 0 Å². The fourth-order valence-electron chi connectivity index (χ4n) is 3.34. The van der Waals surface area contributed by atoms with E-state index in [9.17, 15) is 15.0 Å². The van der Waals surface area contributed by atoms with Gasteiger partial charge in [0.05, 0.1) is 6.10 Å². The van der Waals surface area contributed by atoms with E-state index in [-0.39, 0.29) is 42.4 Å². The zero-order chi connectivity index (χ0) is 21.0. The zero-order valence-electron chi connectivity index (χ0n) is 18.5. The van der Waals surface area contributed by atoms with Crippen LogP contribution in [0.2, 0.25) is 18.1 Å². The standard InChI is InChI=1S/C20H41NO5Si/c1-19(2,3)25-18(24)21-14-16(26-27(7,8)20(4,5)6)13-17(21)15(9-11-22)10-12-23/h15-17,22-23H,9-14H2,1-8H3. The van der Waals surface area contributed by atoms with Crippen LogP contribution in [-0.2, 0) is 9.16 Å². The van der Waals surface area contributed by atoms with Gasteiger partial charge < -0.3 is 24.3 Å². The minimum absolute atomic E-state index is 0.0283. The second-order valence-corrected chi connectivity index (χ2v) is 15.0. The van der Waals surface area contributed by atoms with Gasteiger partial charge in [0.25, 0.3) is 0 Å². The third-order valence-corrected chi connectivity index (χ3v) is 10.3. The van der Waals surface area contributed by atoms with Gasteiger partial charge in [-0.15, -0.1) is 0 Å². The molecule has 1 fully saturated rings. The molecule has 1 rings (SSSR count). The van der Waals surface area contributed by atoms with Crippen molar-refractivity contribution in [2.75, 3.05) is 19.8 Å². The minimum Gasteiger partial charge on any atom is -0.444 e. The molecule has 2 N–H and O–H groups in total. The molecule has 0 aromatic heterocycles. The van der Waals surface area contributed by atoms with E-state index in [2.05, 4.69) is 33.9 Å². The molecule has 0 aromatic rings. The van der Waals surface area contributed by atoms with Crippen LogP contribution in [0, 0.1) is 5.92 Å². The Balaban J connectivity index is 3.03. The van der Waals surface area contributed by atoms with Gasteiger partial charge in [0.2, 0.25) is 0 Å². The molecular formula is C20H41NO5Si. The lowest BCUT2D eigenvalue weighted by molar-refractivity contribution is 0.0138. The highest BCUT2D eigenvalue weighted by molar-refractivity contribution is 6.74.